The van der Waals surface area contributed by atoms with Gasteiger partial charge in [-0.2, -0.15) is 0 Å². The quantitative estimate of drug-likeness (QED) is 0.750. The second-order valence-corrected chi connectivity index (χ2v) is 3.74. The molecule has 0 aliphatic heterocycles. The lowest BCUT2D eigenvalue weighted by atomic mass is 9.99. The standard InChI is InChI=1S/C13H21NO/c1-3-9-14-13(10-15)12-8-6-5-7-11(12)4-2/h5-8,13-15H,3-4,9-10H2,1-2H3. The van der Waals surface area contributed by atoms with E-state index in [9.17, 15) is 5.11 Å². The van der Waals surface area contributed by atoms with Crippen LogP contribution in [0.5, 0.6) is 0 Å². The highest BCUT2D eigenvalue weighted by atomic mass is 16.3. The molecule has 1 atom stereocenters. The molecule has 2 nitrogen and oxygen atoms in total. The summed E-state index contributed by atoms with van der Waals surface area (Å²) in [6.45, 7) is 5.39. The number of nitrogens with one attached hydrogen (secondary N) is 1. The summed E-state index contributed by atoms with van der Waals surface area (Å²) in [4.78, 5) is 0. The van der Waals surface area contributed by atoms with E-state index in [0.29, 0.717) is 0 Å². The molecular weight excluding hydrogens is 186 g/mol. The summed E-state index contributed by atoms with van der Waals surface area (Å²) in [7, 11) is 0. The second-order valence-electron chi connectivity index (χ2n) is 3.74. The first-order valence-electron chi connectivity index (χ1n) is 5.75. The summed E-state index contributed by atoms with van der Waals surface area (Å²) in [5, 5.41) is 12.7. The lowest BCUT2D eigenvalue weighted by Gasteiger charge is -2.19. The molecule has 84 valence electrons. The Morgan fingerprint density at radius 1 is 1.27 bits per heavy atom. The van der Waals surface area contributed by atoms with Crippen molar-refractivity contribution in [1.29, 1.82) is 0 Å². The molecule has 0 amide bonds. The summed E-state index contributed by atoms with van der Waals surface area (Å²) in [5.41, 5.74) is 2.55. The van der Waals surface area contributed by atoms with E-state index in [1.165, 1.54) is 11.1 Å². The van der Waals surface area contributed by atoms with E-state index in [2.05, 4.69) is 37.4 Å². The van der Waals surface area contributed by atoms with Gasteiger partial charge in [-0.25, -0.2) is 0 Å². The van der Waals surface area contributed by atoms with Crippen LogP contribution in [-0.2, 0) is 6.42 Å². The minimum absolute atomic E-state index is 0.0844. The molecule has 0 saturated heterocycles. The van der Waals surface area contributed by atoms with Crippen molar-refractivity contribution in [1.82, 2.24) is 5.32 Å². The van der Waals surface area contributed by atoms with Crippen molar-refractivity contribution in [3.05, 3.63) is 35.4 Å². The molecule has 0 spiro atoms. The molecule has 15 heavy (non-hydrogen) atoms. The van der Waals surface area contributed by atoms with Crippen LogP contribution in [0.2, 0.25) is 0 Å². The van der Waals surface area contributed by atoms with E-state index in [1.807, 2.05) is 6.07 Å². The monoisotopic (exact) mass is 207 g/mol. The largest absolute Gasteiger partial charge is 0.394 e. The van der Waals surface area contributed by atoms with Gasteiger partial charge in [-0.1, -0.05) is 38.1 Å². The highest BCUT2D eigenvalue weighted by molar-refractivity contribution is 5.30. The average Bonchev–Trinajstić information content (AvgIpc) is 2.30. The van der Waals surface area contributed by atoms with Crippen LogP contribution in [0.1, 0.15) is 37.4 Å². The normalized spacial score (nSPS) is 12.7. The maximum Gasteiger partial charge on any atom is 0.0626 e. The number of aliphatic hydroxyl groups is 1. The SMILES string of the molecule is CCCNC(CO)c1ccccc1CC. The van der Waals surface area contributed by atoms with E-state index in [-0.39, 0.29) is 12.6 Å². The van der Waals surface area contributed by atoms with Crippen molar-refractivity contribution >= 4 is 0 Å². The fourth-order valence-electron chi connectivity index (χ4n) is 1.79. The van der Waals surface area contributed by atoms with Gasteiger partial charge in [0.15, 0.2) is 0 Å². The zero-order valence-electron chi connectivity index (χ0n) is 9.66. The Morgan fingerprint density at radius 2 is 2.00 bits per heavy atom. The topological polar surface area (TPSA) is 32.3 Å². The first-order chi connectivity index (χ1) is 7.33. The van der Waals surface area contributed by atoms with E-state index >= 15 is 0 Å². The summed E-state index contributed by atoms with van der Waals surface area (Å²) in [6, 6.07) is 8.40. The Labute approximate surface area is 92.3 Å². The third kappa shape index (κ3) is 3.33. The average molecular weight is 207 g/mol. The zero-order chi connectivity index (χ0) is 11.1. The van der Waals surface area contributed by atoms with Gasteiger partial charge in [-0.05, 0) is 30.5 Å². The lowest BCUT2D eigenvalue weighted by molar-refractivity contribution is 0.244. The van der Waals surface area contributed by atoms with Crippen LogP contribution in [0.3, 0.4) is 0 Å². The molecule has 2 heteroatoms. The van der Waals surface area contributed by atoms with Gasteiger partial charge in [0.2, 0.25) is 0 Å². The maximum absolute atomic E-state index is 9.36. The summed E-state index contributed by atoms with van der Waals surface area (Å²) in [6.07, 6.45) is 2.10. The fraction of sp³-hybridized carbons (Fsp3) is 0.538. The van der Waals surface area contributed by atoms with Gasteiger partial charge >= 0.3 is 0 Å². The van der Waals surface area contributed by atoms with Crippen LogP contribution in [0.25, 0.3) is 0 Å². The predicted octanol–water partition coefficient (Wildman–Crippen LogP) is 2.28. The Bertz CT molecular complexity index is 286. The number of benzene rings is 1. The minimum Gasteiger partial charge on any atom is -0.394 e. The Kier molecular flexibility index (Phi) is 5.37. The molecule has 0 fully saturated rings. The predicted molar refractivity (Wildman–Crippen MR) is 63.9 cm³/mol. The maximum atomic E-state index is 9.36. The van der Waals surface area contributed by atoms with Gasteiger partial charge in [-0.15, -0.1) is 0 Å². The second kappa shape index (κ2) is 6.59. The summed E-state index contributed by atoms with van der Waals surface area (Å²) in [5.74, 6) is 0. The molecule has 1 aromatic carbocycles. The number of aryl methyl sites for hydroxylation is 1. The Hall–Kier alpha value is -0.860. The molecule has 0 bridgehead atoms. The molecule has 1 rings (SSSR count). The molecule has 2 N–H and O–H groups in total. The number of hydrogen-bond acceptors (Lipinski definition) is 2. The van der Waals surface area contributed by atoms with E-state index in [0.717, 1.165) is 19.4 Å². The third-order valence-corrected chi connectivity index (χ3v) is 2.63. The van der Waals surface area contributed by atoms with Crippen LogP contribution >= 0.6 is 0 Å². The highest BCUT2D eigenvalue weighted by Crippen LogP contribution is 2.18. The molecular formula is C13H21NO. The summed E-state index contributed by atoms with van der Waals surface area (Å²) >= 11 is 0. The molecule has 0 radical (unpaired) electrons. The van der Waals surface area contributed by atoms with Crippen molar-refractivity contribution in [2.24, 2.45) is 0 Å². The van der Waals surface area contributed by atoms with Gasteiger partial charge in [-0.3, -0.25) is 0 Å². The number of rotatable bonds is 6. The zero-order valence-corrected chi connectivity index (χ0v) is 9.66. The van der Waals surface area contributed by atoms with Crippen molar-refractivity contribution in [3.63, 3.8) is 0 Å². The van der Waals surface area contributed by atoms with Crippen LogP contribution < -0.4 is 5.32 Å². The number of hydrogen-bond donors (Lipinski definition) is 2. The van der Waals surface area contributed by atoms with Crippen LogP contribution in [0.4, 0.5) is 0 Å². The Morgan fingerprint density at radius 3 is 2.60 bits per heavy atom. The lowest BCUT2D eigenvalue weighted by Crippen LogP contribution is -2.26. The van der Waals surface area contributed by atoms with Crippen LogP contribution in [0, 0.1) is 0 Å². The van der Waals surface area contributed by atoms with Gasteiger partial charge in [0.25, 0.3) is 0 Å². The molecule has 0 aromatic heterocycles. The van der Waals surface area contributed by atoms with Crippen molar-refractivity contribution < 1.29 is 5.11 Å². The molecule has 0 aliphatic rings. The van der Waals surface area contributed by atoms with Crippen molar-refractivity contribution in [2.45, 2.75) is 32.7 Å². The van der Waals surface area contributed by atoms with Gasteiger partial charge in [0.1, 0.15) is 0 Å². The van der Waals surface area contributed by atoms with E-state index < -0.39 is 0 Å². The fourth-order valence-corrected chi connectivity index (χ4v) is 1.79. The smallest absolute Gasteiger partial charge is 0.0626 e. The van der Waals surface area contributed by atoms with E-state index in [4.69, 9.17) is 0 Å². The van der Waals surface area contributed by atoms with Gasteiger partial charge in [0.05, 0.1) is 12.6 Å². The number of aliphatic hydroxyl groups excluding tert-OH is 1. The Balaban J connectivity index is 2.80. The molecule has 0 heterocycles. The van der Waals surface area contributed by atoms with Crippen LogP contribution in [-0.4, -0.2) is 18.3 Å². The molecule has 1 aromatic rings. The van der Waals surface area contributed by atoms with Gasteiger partial charge in [0, 0.05) is 0 Å². The van der Waals surface area contributed by atoms with Gasteiger partial charge < -0.3 is 10.4 Å². The summed E-state index contributed by atoms with van der Waals surface area (Å²) < 4.78 is 0. The van der Waals surface area contributed by atoms with E-state index in [1.54, 1.807) is 0 Å². The van der Waals surface area contributed by atoms with Crippen molar-refractivity contribution in [3.8, 4) is 0 Å². The third-order valence-electron chi connectivity index (χ3n) is 2.63. The first kappa shape index (κ1) is 12.2. The molecule has 0 saturated carbocycles. The minimum atomic E-state index is 0.0844. The first-order valence-corrected chi connectivity index (χ1v) is 5.75. The molecule has 1 unspecified atom stereocenters. The van der Waals surface area contributed by atoms with Crippen LogP contribution in [0.15, 0.2) is 24.3 Å². The van der Waals surface area contributed by atoms with Crippen molar-refractivity contribution in [2.75, 3.05) is 13.2 Å². The highest BCUT2D eigenvalue weighted by Gasteiger charge is 2.11. The molecule has 0 aliphatic carbocycles.